The minimum Gasteiger partial charge on any atom is -0.375 e. The molecule has 88 valence electrons. The number of rotatable bonds is 4. The van der Waals surface area contributed by atoms with Crippen LogP contribution in [-0.4, -0.2) is 16.3 Å². The molecule has 0 saturated heterocycles. The molecule has 0 atom stereocenters. The van der Waals surface area contributed by atoms with Crippen molar-refractivity contribution in [1.82, 2.24) is 5.43 Å². The molecule has 0 radical (unpaired) electrons. The first-order valence-electron chi connectivity index (χ1n) is 4.60. The fourth-order valence-electron chi connectivity index (χ4n) is 1.09. The molecular weight excluding hydrogens is 240 g/mol. The highest BCUT2D eigenvalue weighted by Crippen LogP contribution is 2.18. The van der Waals surface area contributed by atoms with E-state index < -0.39 is 4.92 Å². The van der Waals surface area contributed by atoms with E-state index in [1.54, 1.807) is 30.4 Å². The normalized spacial score (nSPS) is 10.8. The maximum absolute atomic E-state index is 10.7. The van der Waals surface area contributed by atoms with Gasteiger partial charge < -0.3 is 5.73 Å². The van der Waals surface area contributed by atoms with Crippen molar-refractivity contribution in [2.24, 2.45) is 10.8 Å². The standard InChI is InChI=1S/C10H10N4O2S/c11-10(17)13-12-7-3-5-8-4-1-2-6-9(8)14(15)16/h1-7H,(H3,11,13,17)/b5-3+,12-7-. The summed E-state index contributed by atoms with van der Waals surface area (Å²) >= 11 is 4.53. The summed E-state index contributed by atoms with van der Waals surface area (Å²) in [6, 6.07) is 6.41. The van der Waals surface area contributed by atoms with Gasteiger partial charge in [-0.1, -0.05) is 12.1 Å². The zero-order chi connectivity index (χ0) is 12.7. The molecule has 7 heteroatoms. The van der Waals surface area contributed by atoms with Gasteiger partial charge in [0.15, 0.2) is 5.11 Å². The number of nitro groups is 1. The fourth-order valence-corrected chi connectivity index (χ4v) is 1.14. The maximum Gasteiger partial charge on any atom is 0.276 e. The van der Waals surface area contributed by atoms with E-state index in [0.717, 1.165) is 0 Å². The van der Waals surface area contributed by atoms with Crippen LogP contribution >= 0.6 is 12.2 Å². The summed E-state index contributed by atoms with van der Waals surface area (Å²) in [4.78, 5) is 10.3. The molecule has 6 nitrogen and oxygen atoms in total. The summed E-state index contributed by atoms with van der Waals surface area (Å²) in [5, 5.41) is 14.4. The van der Waals surface area contributed by atoms with Gasteiger partial charge in [-0.25, -0.2) is 0 Å². The summed E-state index contributed by atoms with van der Waals surface area (Å²) in [5.41, 5.74) is 8.05. The number of nitro benzene ring substituents is 1. The highest BCUT2D eigenvalue weighted by Gasteiger charge is 2.08. The number of nitrogens with zero attached hydrogens (tertiary/aromatic N) is 2. The Balaban J connectivity index is 2.74. The minimum atomic E-state index is -0.440. The highest BCUT2D eigenvalue weighted by atomic mass is 32.1. The predicted octanol–water partition coefficient (Wildman–Crippen LogP) is 1.43. The van der Waals surface area contributed by atoms with E-state index >= 15 is 0 Å². The molecule has 0 spiro atoms. The molecule has 1 aromatic carbocycles. The third kappa shape index (κ3) is 4.39. The van der Waals surface area contributed by atoms with Gasteiger partial charge in [-0.3, -0.25) is 15.5 Å². The second kappa shape index (κ2) is 6.33. The van der Waals surface area contributed by atoms with Gasteiger partial charge in [0, 0.05) is 12.3 Å². The van der Waals surface area contributed by atoms with Crippen molar-refractivity contribution in [1.29, 1.82) is 0 Å². The summed E-state index contributed by atoms with van der Waals surface area (Å²) < 4.78 is 0. The van der Waals surface area contributed by atoms with Crippen LogP contribution in [-0.2, 0) is 0 Å². The van der Waals surface area contributed by atoms with Gasteiger partial charge >= 0.3 is 0 Å². The molecule has 0 amide bonds. The smallest absolute Gasteiger partial charge is 0.276 e. The number of para-hydroxylation sites is 1. The summed E-state index contributed by atoms with van der Waals surface area (Å²) in [5.74, 6) is 0. The third-order valence-corrected chi connectivity index (χ3v) is 1.84. The number of nitrogens with two attached hydrogens (primary N) is 1. The Morgan fingerprint density at radius 3 is 2.88 bits per heavy atom. The van der Waals surface area contributed by atoms with Crippen LogP contribution in [0.25, 0.3) is 6.08 Å². The SMILES string of the molecule is NC(=S)N/N=C\C=C\c1ccccc1[N+](=O)[O-]. The van der Waals surface area contributed by atoms with Crippen LogP contribution in [0, 0.1) is 10.1 Å². The average molecular weight is 250 g/mol. The monoisotopic (exact) mass is 250 g/mol. The second-order valence-electron chi connectivity index (χ2n) is 2.93. The van der Waals surface area contributed by atoms with Crippen molar-refractivity contribution >= 4 is 35.3 Å². The Labute approximate surface area is 103 Å². The zero-order valence-electron chi connectivity index (χ0n) is 8.74. The Morgan fingerprint density at radius 1 is 1.53 bits per heavy atom. The average Bonchev–Trinajstić information content (AvgIpc) is 2.28. The third-order valence-electron chi connectivity index (χ3n) is 1.74. The number of allylic oxidation sites excluding steroid dienone is 1. The molecule has 1 rings (SSSR count). The van der Waals surface area contributed by atoms with Crippen LogP contribution in [0.3, 0.4) is 0 Å². The molecule has 1 aromatic rings. The van der Waals surface area contributed by atoms with E-state index in [1.807, 2.05) is 0 Å². The van der Waals surface area contributed by atoms with Gasteiger partial charge in [0.2, 0.25) is 0 Å². The number of hydrazone groups is 1. The van der Waals surface area contributed by atoms with Gasteiger partial charge in [-0.15, -0.1) is 0 Å². The van der Waals surface area contributed by atoms with Gasteiger partial charge in [-0.2, -0.15) is 5.10 Å². The zero-order valence-corrected chi connectivity index (χ0v) is 9.55. The highest BCUT2D eigenvalue weighted by molar-refractivity contribution is 7.80. The van der Waals surface area contributed by atoms with Crippen molar-refractivity contribution in [3.63, 3.8) is 0 Å². The number of hydrogen-bond donors (Lipinski definition) is 2. The van der Waals surface area contributed by atoms with Crippen LogP contribution in [0.2, 0.25) is 0 Å². The maximum atomic E-state index is 10.7. The van der Waals surface area contributed by atoms with Crippen LogP contribution in [0.15, 0.2) is 35.4 Å². The number of hydrogen-bond acceptors (Lipinski definition) is 4. The molecular formula is C10H10N4O2S. The molecule has 0 unspecified atom stereocenters. The molecule has 0 heterocycles. The van der Waals surface area contributed by atoms with E-state index in [2.05, 4.69) is 22.7 Å². The number of benzene rings is 1. The number of thiocarbonyl (C=S) groups is 1. The van der Waals surface area contributed by atoms with Crippen LogP contribution in [0.4, 0.5) is 5.69 Å². The first-order valence-corrected chi connectivity index (χ1v) is 5.00. The van der Waals surface area contributed by atoms with Crippen molar-refractivity contribution in [3.8, 4) is 0 Å². The van der Waals surface area contributed by atoms with Crippen molar-refractivity contribution in [3.05, 3.63) is 46.0 Å². The van der Waals surface area contributed by atoms with Gasteiger partial charge in [0.1, 0.15) is 0 Å². The van der Waals surface area contributed by atoms with Gasteiger partial charge in [0.05, 0.1) is 10.5 Å². The summed E-state index contributed by atoms with van der Waals surface area (Å²) in [7, 11) is 0. The minimum absolute atomic E-state index is 0.0412. The largest absolute Gasteiger partial charge is 0.375 e. The Morgan fingerprint density at radius 2 is 2.24 bits per heavy atom. The lowest BCUT2D eigenvalue weighted by Gasteiger charge is -1.95. The van der Waals surface area contributed by atoms with E-state index in [4.69, 9.17) is 5.73 Å². The first-order chi connectivity index (χ1) is 8.11. The van der Waals surface area contributed by atoms with E-state index in [9.17, 15) is 10.1 Å². The molecule has 0 aliphatic rings. The van der Waals surface area contributed by atoms with Crippen LogP contribution < -0.4 is 11.2 Å². The second-order valence-corrected chi connectivity index (χ2v) is 3.37. The quantitative estimate of drug-likeness (QED) is 0.365. The first kappa shape index (κ1) is 12.8. The molecule has 0 aromatic heterocycles. The van der Waals surface area contributed by atoms with E-state index in [0.29, 0.717) is 5.56 Å². The molecule has 0 aliphatic carbocycles. The Hall–Kier alpha value is -2.28. The lowest BCUT2D eigenvalue weighted by atomic mass is 10.2. The lowest BCUT2D eigenvalue weighted by Crippen LogP contribution is -2.23. The summed E-state index contributed by atoms with van der Waals surface area (Å²) in [6.45, 7) is 0. The molecule has 0 saturated carbocycles. The van der Waals surface area contributed by atoms with Crippen molar-refractivity contribution in [2.45, 2.75) is 0 Å². The lowest BCUT2D eigenvalue weighted by molar-refractivity contribution is -0.385. The van der Waals surface area contributed by atoms with Crippen LogP contribution in [0.1, 0.15) is 5.56 Å². The molecule has 3 N–H and O–H groups in total. The van der Waals surface area contributed by atoms with Gasteiger partial charge in [0.25, 0.3) is 5.69 Å². The van der Waals surface area contributed by atoms with Crippen LogP contribution in [0.5, 0.6) is 0 Å². The van der Waals surface area contributed by atoms with E-state index in [-0.39, 0.29) is 10.8 Å². The molecule has 17 heavy (non-hydrogen) atoms. The Bertz CT molecular complexity index is 485. The van der Waals surface area contributed by atoms with Crippen molar-refractivity contribution < 1.29 is 4.92 Å². The van der Waals surface area contributed by atoms with Crippen molar-refractivity contribution in [2.75, 3.05) is 0 Å². The molecule has 0 fully saturated rings. The topological polar surface area (TPSA) is 93.5 Å². The van der Waals surface area contributed by atoms with E-state index in [1.165, 1.54) is 12.3 Å². The predicted molar refractivity (Wildman–Crippen MR) is 70.5 cm³/mol. The number of nitrogens with one attached hydrogen (secondary N) is 1. The molecule has 0 aliphatic heterocycles. The summed E-state index contributed by atoms with van der Waals surface area (Å²) in [6.07, 6.45) is 4.52. The fraction of sp³-hybridized carbons (Fsp3) is 0. The Kier molecular flexibility index (Phi) is 4.77. The molecule has 0 bridgehead atoms. The van der Waals surface area contributed by atoms with Gasteiger partial charge in [-0.05, 0) is 30.4 Å².